The van der Waals surface area contributed by atoms with Crippen LogP contribution in [0.3, 0.4) is 0 Å². The molecule has 1 unspecified atom stereocenters. The molecule has 0 radical (unpaired) electrons. The Kier molecular flexibility index (Phi) is 10.9. The van der Waals surface area contributed by atoms with Gasteiger partial charge in [-0.1, -0.05) is 12.1 Å². The van der Waals surface area contributed by atoms with Crippen molar-refractivity contribution >= 4 is 35.8 Å². The molecule has 170 valence electrons. The standard InChI is InChI=1S/C20H30F3N5O.HI/c1-24-19(26-14-15-7-4-8-16(13-15)20(21,22)23)25-10-6-12-28-11-5-9-17(28)18(29)27(2)3;/h4,7-8,13,17H,5-6,9-12,14H2,1-3H3,(H2,24,25,26);1H. The first-order chi connectivity index (χ1) is 13.7. The molecule has 0 aliphatic carbocycles. The van der Waals surface area contributed by atoms with E-state index in [4.69, 9.17) is 0 Å². The summed E-state index contributed by atoms with van der Waals surface area (Å²) in [5.74, 6) is 0.679. The lowest BCUT2D eigenvalue weighted by Gasteiger charge is -2.26. The third kappa shape index (κ3) is 7.93. The number of aliphatic imine (C=N–C) groups is 1. The topological polar surface area (TPSA) is 60.0 Å². The Balaban J connectivity index is 0.00000450. The Labute approximate surface area is 193 Å². The molecule has 1 aromatic rings. The second-order valence-electron chi connectivity index (χ2n) is 7.33. The van der Waals surface area contributed by atoms with Crippen molar-refractivity contribution in [3.63, 3.8) is 0 Å². The van der Waals surface area contributed by atoms with Crippen LogP contribution in [0.5, 0.6) is 0 Å². The molecule has 0 bridgehead atoms. The van der Waals surface area contributed by atoms with Crippen LogP contribution in [0.1, 0.15) is 30.4 Å². The molecule has 1 saturated heterocycles. The Hall–Kier alpha value is -1.56. The number of halogens is 4. The number of benzene rings is 1. The average molecular weight is 541 g/mol. The van der Waals surface area contributed by atoms with Gasteiger partial charge in [0.25, 0.3) is 0 Å². The molecule has 1 amide bonds. The van der Waals surface area contributed by atoms with Crippen LogP contribution in [0.4, 0.5) is 13.2 Å². The lowest BCUT2D eigenvalue weighted by molar-refractivity contribution is -0.137. The smallest absolute Gasteiger partial charge is 0.356 e. The van der Waals surface area contributed by atoms with Crippen molar-refractivity contribution in [2.75, 3.05) is 40.8 Å². The Morgan fingerprint density at radius 3 is 2.67 bits per heavy atom. The predicted molar refractivity (Wildman–Crippen MR) is 123 cm³/mol. The van der Waals surface area contributed by atoms with E-state index in [-0.39, 0.29) is 42.5 Å². The van der Waals surface area contributed by atoms with Crippen molar-refractivity contribution < 1.29 is 18.0 Å². The number of guanidine groups is 1. The van der Waals surface area contributed by atoms with Crippen LogP contribution in [0.15, 0.2) is 29.3 Å². The SMILES string of the molecule is CN=C(NCCCN1CCCC1C(=O)N(C)C)NCc1cccc(C(F)(F)F)c1.I. The first-order valence-electron chi connectivity index (χ1n) is 9.78. The first kappa shape index (κ1) is 26.5. The Morgan fingerprint density at radius 2 is 2.03 bits per heavy atom. The maximum absolute atomic E-state index is 12.8. The van der Waals surface area contributed by atoms with Gasteiger partial charge in [-0.25, -0.2) is 0 Å². The maximum Gasteiger partial charge on any atom is 0.416 e. The zero-order valence-corrected chi connectivity index (χ0v) is 20.0. The summed E-state index contributed by atoms with van der Waals surface area (Å²) in [7, 11) is 5.18. The third-order valence-electron chi connectivity index (χ3n) is 4.94. The van der Waals surface area contributed by atoms with Crippen molar-refractivity contribution in [1.82, 2.24) is 20.4 Å². The molecule has 1 atom stereocenters. The number of likely N-dealkylation sites (N-methyl/N-ethyl adjacent to an activating group) is 1. The summed E-state index contributed by atoms with van der Waals surface area (Å²) in [6.07, 6.45) is -1.60. The first-order valence-corrected chi connectivity index (χ1v) is 9.78. The highest BCUT2D eigenvalue weighted by atomic mass is 127. The molecule has 1 aliphatic heterocycles. The number of nitrogens with one attached hydrogen (secondary N) is 2. The quantitative estimate of drug-likeness (QED) is 0.241. The van der Waals surface area contributed by atoms with Crippen molar-refractivity contribution in [2.45, 2.75) is 38.0 Å². The zero-order chi connectivity index (χ0) is 21.4. The minimum absolute atomic E-state index is 0. The van der Waals surface area contributed by atoms with Crippen LogP contribution in [0.25, 0.3) is 0 Å². The van der Waals surface area contributed by atoms with E-state index >= 15 is 0 Å². The molecular weight excluding hydrogens is 510 g/mol. The summed E-state index contributed by atoms with van der Waals surface area (Å²) < 4.78 is 38.4. The highest BCUT2D eigenvalue weighted by Crippen LogP contribution is 2.29. The molecule has 2 rings (SSSR count). The Morgan fingerprint density at radius 1 is 1.30 bits per heavy atom. The minimum atomic E-state index is -4.35. The highest BCUT2D eigenvalue weighted by Gasteiger charge is 2.31. The molecule has 1 aromatic carbocycles. The van der Waals surface area contributed by atoms with E-state index in [2.05, 4.69) is 20.5 Å². The lowest BCUT2D eigenvalue weighted by Crippen LogP contribution is -2.44. The molecule has 1 aliphatic rings. The Bertz CT molecular complexity index is 712. The molecule has 1 fully saturated rings. The van der Waals surface area contributed by atoms with Gasteiger partial charge in [0.1, 0.15) is 0 Å². The molecular formula is C20H31F3IN5O. The fourth-order valence-corrected chi connectivity index (χ4v) is 3.42. The van der Waals surface area contributed by atoms with Gasteiger partial charge in [-0.05, 0) is 43.5 Å². The highest BCUT2D eigenvalue weighted by molar-refractivity contribution is 14.0. The lowest BCUT2D eigenvalue weighted by atomic mass is 10.1. The van der Waals surface area contributed by atoms with Gasteiger partial charge < -0.3 is 15.5 Å². The number of carbonyl (C=O) groups excluding carboxylic acids is 1. The van der Waals surface area contributed by atoms with Gasteiger partial charge in [0.05, 0.1) is 11.6 Å². The molecule has 30 heavy (non-hydrogen) atoms. The maximum atomic E-state index is 12.8. The van der Waals surface area contributed by atoms with Crippen LogP contribution in [-0.4, -0.2) is 68.5 Å². The van der Waals surface area contributed by atoms with Crippen molar-refractivity contribution in [3.8, 4) is 0 Å². The zero-order valence-electron chi connectivity index (χ0n) is 17.6. The molecule has 10 heteroatoms. The number of rotatable bonds is 7. The molecule has 1 heterocycles. The largest absolute Gasteiger partial charge is 0.416 e. The number of carbonyl (C=O) groups is 1. The van der Waals surface area contributed by atoms with E-state index in [1.54, 1.807) is 32.1 Å². The van der Waals surface area contributed by atoms with Gasteiger partial charge in [0.15, 0.2) is 5.96 Å². The van der Waals surface area contributed by atoms with E-state index in [1.165, 1.54) is 6.07 Å². The van der Waals surface area contributed by atoms with Crippen molar-refractivity contribution in [1.29, 1.82) is 0 Å². The predicted octanol–water partition coefficient (Wildman–Crippen LogP) is 2.93. The number of alkyl halides is 3. The molecule has 0 spiro atoms. The summed E-state index contributed by atoms with van der Waals surface area (Å²) in [6, 6.07) is 5.20. The summed E-state index contributed by atoms with van der Waals surface area (Å²) in [6.45, 7) is 2.63. The van der Waals surface area contributed by atoms with E-state index < -0.39 is 11.7 Å². The normalized spacial score (nSPS) is 17.4. The van der Waals surface area contributed by atoms with E-state index in [0.29, 0.717) is 18.1 Å². The number of amides is 1. The number of likely N-dealkylation sites (tertiary alicyclic amines) is 1. The second-order valence-corrected chi connectivity index (χ2v) is 7.33. The summed E-state index contributed by atoms with van der Waals surface area (Å²) >= 11 is 0. The second kappa shape index (κ2) is 12.3. The van der Waals surface area contributed by atoms with Crippen LogP contribution in [-0.2, 0) is 17.5 Å². The minimum Gasteiger partial charge on any atom is -0.356 e. The van der Waals surface area contributed by atoms with E-state index in [0.717, 1.165) is 44.5 Å². The van der Waals surface area contributed by atoms with Gasteiger partial charge in [-0.15, -0.1) is 24.0 Å². The summed E-state index contributed by atoms with van der Waals surface area (Å²) in [4.78, 5) is 20.2. The molecule has 6 nitrogen and oxygen atoms in total. The molecule has 2 N–H and O–H groups in total. The van der Waals surface area contributed by atoms with Crippen molar-refractivity contribution in [3.05, 3.63) is 35.4 Å². The fraction of sp³-hybridized carbons (Fsp3) is 0.600. The third-order valence-corrected chi connectivity index (χ3v) is 4.94. The van der Waals surface area contributed by atoms with Crippen LogP contribution in [0.2, 0.25) is 0 Å². The van der Waals surface area contributed by atoms with Crippen molar-refractivity contribution in [2.24, 2.45) is 4.99 Å². The monoisotopic (exact) mass is 541 g/mol. The van der Waals surface area contributed by atoms with Gasteiger partial charge in [0.2, 0.25) is 5.91 Å². The summed E-state index contributed by atoms with van der Waals surface area (Å²) in [5.41, 5.74) is -0.128. The summed E-state index contributed by atoms with van der Waals surface area (Å²) in [5, 5.41) is 6.20. The van der Waals surface area contributed by atoms with Gasteiger partial charge in [-0.2, -0.15) is 13.2 Å². The van der Waals surface area contributed by atoms with Gasteiger partial charge in [-0.3, -0.25) is 14.7 Å². The number of hydrogen-bond acceptors (Lipinski definition) is 3. The molecule has 0 aromatic heterocycles. The number of hydrogen-bond donors (Lipinski definition) is 2. The van der Waals surface area contributed by atoms with Crippen LogP contribution in [0, 0.1) is 0 Å². The molecule has 0 saturated carbocycles. The van der Waals surface area contributed by atoms with E-state index in [9.17, 15) is 18.0 Å². The van der Waals surface area contributed by atoms with Gasteiger partial charge in [0, 0.05) is 40.8 Å². The number of nitrogens with zero attached hydrogens (tertiary/aromatic N) is 3. The van der Waals surface area contributed by atoms with Gasteiger partial charge >= 0.3 is 6.18 Å². The van der Waals surface area contributed by atoms with Crippen LogP contribution >= 0.6 is 24.0 Å². The van der Waals surface area contributed by atoms with E-state index in [1.807, 2.05) is 0 Å². The fourth-order valence-electron chi connectivity index (χ4n) is 3.42. The van der Waals surface area contributed by atoms with Crippen LogP contribution < -0.4 is 10.6 Å². The average Bonchev–Trinajstić information content (AvgIpc) is 3.14.